The Morgan fingerprint density at radius 3 is 1.00 bits per heavy atom. The maximum atomic E-state index is 13.0. The van der Waals surface area contributed by atoms with E-state index in [-0.39, 0.29) is 0 Å². The molecule has 6 nitrogen and oxygen atoms in total. The van der Waals surface area contributed by atoms with Crippen LogP contribution >= 0.6 is 0 Å². The van der Waals surface area contributed by atoms with Crippen molar-refractivity contribution >= 4 is 11.7 Å². The van der Waals surface area contributed by atoms with Gasteiger partial charge in [-0.2, -0.15) is 35.1 Å². The first-order chi connectivity index (χ1) is 8.71. The Kier molecular flexibility index (Phi) is 4.34. The summed E-state index contributed by atoms with van der Waals surface area (Å²) in [5.74, 6) is -31.4. The largest absolute Gasteiger partial charge is 0.409 e. The van der Waals surface area contributed by atoms with E-state index in [0.29, 0.717) is 0 Å². The van der Waals surface area contributed by atoms with Gasteiger partial charge in [0.05, 0.1) is 0 Å². The minimum Gasteiger partial charge on any atom is -0.409 e. The molecule has 0 aromatic carbocycles. The molecule has 0 atom stereocenters. The van der Waals surface area contributed by atoms with Crippen molar-refractivity contribution in [1.29, 1.82) is 0 Å². The predicted octanol–water partition coefficient (Wildman–Crippen LogP) is 1.02. The summed E-state index contributed by atoms with van der Waals surface area (Å²) in [6.45, 7) is 0. The normalized spacial score (nSPS) is 16.4. The van der Waals surface area contributed by atoms with Gasteiger partial charge in [-0.25, -0.2) is 0 Å². The predicted molar refractivity (Wildman–Crippen MR) is 46.6 cm³/mol. The number of hydrogen-bond donors (Lipinski definition) is 4. The molecule has 0 aliphatic rings. The maximum Gasteiger partial charge on any atom is 0.386 e. The van der Waals surface area contributed by atoms with E-state index in [0.717, 1.165) is 0 Å². The average molecular weight is 318 g/mol. The van der Waals surface area contributed by atoms with E-state index in [9.17, 15) is 35.1 Å². The van der Waals surface area contributed by atoms with Gasteiger partial charge in [0.1, 0.15) is 0 Å². The molecule has 20 heavy (non-hydrogen) atoms. The van der Waals surface area contributed by atoms with Crippen LogP contribution in [0.5, 0.6) is 0 Å². The molecule has 6 N–H and O–H groups in total. The zero-order valence-electron chi connectivity index (χ0n) is 8.97. The van der Waals surface area contributed by atoms with Crippen molar-refractivity contribution in [3.05, 3.63) is 0 Å². The second-order valence-corrected chi connectivity index (χ2v) is 3.27. The molecule has 0 aliphatic carbocycles. The highest BCUT2D eigenvalue weighted by molar-refractivity contribution is 5.90. The van der Waals surface area contributed by atoms with Gasteiger partial charge >= 0.3 is 23.7 Å². The monoisotopic (exact) mass is 318 g/mol. The summed E-state index contributed by atoms with van der Waals surface area (Å²) in [7, 11) is 0. The highest BCUT2D eigenvalue weighted by atomic mass is 19.4. The minimum atomic E-state index is -6.82. The molecule has 0 rings (SSSR count). The van der Waals surface area contributed by atoms with Crippen molar-refractivity contribution in [1.82, 2.24) is 0 Å². The van der Waals surface area contributed by atoms with Gasteiger partial charge < -0.3 is 21.9 Å². The molecule has 0 unspecified atom stereocenters. The van der Waals surface area contributed by atoms with Gasteiger partial charge in [-0.1, -0.05) is 10.3 Å². The molecule has 14 heteroatoms. The molecule has 0 saturated heterocycles. The molecule has 118 valence electrons. The molecule has 0 spiro atoms. The number of hydrogen-bond acceptors (Lipinski definition) is 4. The van der Waals surface area contributed by atoms with Crippen molar-refractivity contribution in [3.8, 4) is 0 Å². The lowest BCUT2D eigenvalue weighted by Gasteiger charge is -2.35. The maximum absolute atomic E-state index is 13.0. The van der Waals surface area contributed by atoms with Crippen LogP contribution in [0, 0.1) is 0 Å². The van der Waals surface area contributed by atoms with Gasteiger partial charge in [-0.05, 0) is 0 Å². The van der Waals surface area contributed by atoms with Crippen molar-refractivity contribution in [2.45, 2.75) is 23.7 Å². The summed E-state index contributed by atoms with van der Waals surface area (Å²) < 4.78 is 103. The number of rotatable bonds is 5. The first-order valence-electron chi connectivity index (χ1n) is 4.19. The number of amidine groups is 2. The van der Waals surface area contributed by atoms with Crippen molar-refractivity contribution in [2.75, 3.05) is 0 Å². The van der Waals surface area contributed by atoms with Crippen LogP contribution in [0.3, 0.4) is 0 Å². The van der Waals surface area contributed by atoms with Crippen LogP contribution in [0.15, 0.2) is 10.3 Å². The van der Waals surface area contributed by atoms with Crippen LogP contribution in [0.2, 0.25) is 0 Å². The highest BCUT2D eigenvalue weighted by Crippen LogP contribution is 2.52. The second kappa shape index (κ2) is 4.82. The molecule has 0 radical (unpaired) electrons. The van der Waals surface area contributed by atoms with Gasteiger partial charge in [-0.15, -0.1) is 0 Å². The van der Waals surface area contributed by atoms with Crippen LogP contribution < -0.4 is 11.5 Å². The number of halogens is 8. The molecule has 0 bridgehead atoms. The zero-order valence-corrected chi connectivity index (χ0v) is 8.97. The van der Waals surface area contributed by atoms with Crippen LogP contribution in [0.4, 0.5) is 35.1 Å². The zero-order chi connectivity index (χ0) is 16.6. The Hall–Kier alpha value is -2.02. The third kappa shape index (κ3) is 2.14. The Morgan fingerprint density at radius 2 is 0.850 bits per heavy atom. The van der Waals surface area contributed by atoms with Crippen molar-refractivity contribution in [2.24, 2.45) is 21.8 Å². The van der Waals surface area contributed by atoms with E-state index >= 15 is 0 Å². The van der Waals surface area contributed by atoms with E-state index in [4.69, 9.17) is 10.4 Å². The van der Waals surface area contributed by atoms with Crippen LogP contribution in [0.1, 0.15) is 0 Å². The van der Waals surface area contributed by atoms with Crippen molar-refractivity contribution < 1.29 is 45.5 Å². The van der Waals surface area contributed by atoms with Gasteiger partial charge in [0.15, 0.2) is 0 Å². The summed E-state index contributed by atoms with van der Waals surface area (Å²) in [4.78, 5) is 0. The Balaban J connectivity index is 6.07. The first kappa shape index (κ1) is 18.0. The fourth-order valence-electron chi connectivity index (χ4n) is 0.842. The number of nitrogens with two attached hydrogens (primary N) is 2. The number of nitrogens with zero attached hydrogens (tertiary/aromatic N) is 2. The lowest BCUT2D eigenvalue weighted by Crippen LogP contribution is -2.68. The summed E-state index contributed by atoms with van der Waals surface area (Å²) in [6.07, 6.45) is 0. The lowest BCUT2D eigenvalue weighted by atomic mass is 9.97. The summed E-state index contributed by atoms with van der Waals surface area (Å²) in [5.41, 5.74) is 8.13. The van der Waals surface area contributed by atoms with Gasteiger partial charge in [0.2, 0.25) is 11.7 Å². The molecule has 0 saturated carbocycles. The van der Waals surface area contributed by atoms with Crippen LogP contribution in [-0.2, 0) is 0 Å². The Labute approximate surface area is 104 Å². The van der Waals surface area contributed by atoms with Gasteiger partial charge in [0, 0.05) is 0 Å². The third-order valence-electron chi connectivity index (χ3n) is 2.04. The Bertz CT molecular complexity index is 395. The molecule has 0 aliphatic heterocycles. The number of alkyl halides is 8. The fraction of sp³-hybridized carbons (Fsp3) is 0.667. The summed E-state index contributed by atoms with van der Waals surface area (Å²) in [5, 5.41) is 18.3. The molecule has 0 aromatic rings. The molecule has 0 heterocycles. The molecular formula is C6H6F8N4O2. The smallest absolute Gasteiger partial charge is 0.386 e. The standard InChI is InChI=1S/C6H6F8N4O2/c7-3(8,1(15)17-19)5(11,12)6(13,14)4(9,10)2(16)18-20/h19-20H,(H2,15,17)(H2,16,18). The summed E-state index contributed by atoms with van der Waals surface area (Å²) in [6, 6.07) is 0. The van der Waals surface area contributed by atoms with E-state index in [2.05, 4.69) is 11.5 Å². The second-order valence-electron chi connectivity index (χ2n) is 3.27. The van der Waals surface area contributed by atoms with Crippen LogP contribution in [0.25, 0.3) is 0 Å². The average Bonchev–Trinajstić information content (AvgIpc) is 2.35. The van der Waals surface area contributed by atoms with E-state index in [1.54, 1.807) is 0 Å². The van der Waals surface area contributed by atoms with E-state index in [1.807, 2.05) is 0 Å². The summed E-state index contributed by atoms with van der Waals surface area (Å²) >= 11 is 0. The molecule has 0 aromatic heterocycles. The first-order valence-corrected chi connectivity index (χ1v) is 4.19. The topological polar surface area (TPSA) is 117 Å². The minimum absolute atomic E-state index is 1.36. The molecule has 0 fully saturated rings. The van der Waals surface area contributed by atoms with Crippen LogP contribution in [-0.4, -0.2) is 45.8 Å². The molecule has 0 amide bonds. The van der Waals surface area contributed by atoms with E-state index in [1.165, 1.54) is 10.3 Å². The lowest BCUT2D eigenvalue weighted by molar-refractivity contribution is -0.334. The quantitative estimate of drug-likeness (QED) is 0.199. The number of oxime groups is 2. The SMILES string of the molecule is NC(=NO)C(F)(F)C(F)(F)C(F)(F)C(F)(F)C(N)=NO. The van der Waals surface area contributed by atoms with Gasteiger partial charge in [-0.3, -0.25) is 0 Å². The third-order valence-corrected chi connectivity index (χ3v) is 2.04. The van der Waals surface area contributed by atoms with E-state index < -0.39 is 35.4 Å². The molecular weight excluding hydrogens is 312 g/mol. The highest BCUT2D eigenvalue weighted by Gasteiger charge is 2.83. The van der Waals surface area contributed by atoms with Gasteiger partial charge in [0.25, 0.3) is 0 Å². The Morgan fingerprint density at radius 1 is 0.650 bits per heavy atom. The fourth-order valence-corrected chi connectivity index (χ4v) is 0.842. The van der Waals surface area contributed by atoms with Crippen molar-refractivity contribution in [3.63, 3.8) is 0 Å².